The number of hydrogen-bond acceptors (Lipinski definition) is 4. The summed E-state index contributed by atoms with van der Waals surface area (Å²) in [4.78, 5) is 17.0. The highest BCUT2D eigenvalue weighted by Crippen LogP contribution is 2.21. The highest BCUT2D eigenvalue weighted by atomic mass is 32.1. The van der Waals surface area contributed by atoms with Crippen molar-refractivity contribution in [2.24, 2.45) is 0 Å². The van der Waals surface area contributed by atoms with Crippen LogP contribution < -0.4 is 10.6 Å². The zero-order chi connectivity index (χ0) is 16.8. The smallest absolute Gasteiger partial charge is 0.384 e. The van der Waals surface area contributed by atoms with E-state index in [0.717, 1.165) is 22.0 Å². The molecule has 1 atom stereocenters. The van der Waals surface area contributed by atoms with E-state index in [-0.39, 0.29) is 6.54 Å². The zero-order valence-electron chi connectivity index (χ0n) is 12.5. The van der Waals surface area contributed by atoms with Gasteiger partial charge in [-0.25, -0.2) is 9.78 Å². The molecule has 126 valence electrons. The fourth-order valence-corrected chi connectivity index (χ4v) is 2.78. The molecule has 0 aliphatic rings. The van der Waals surface area contributed by atoms with E-state index >= 15 is 0 Å². The van der Waals surface area contributed by atoms with Crippen molar-refractivity contribution in [2.45, 2.75) is 45.4 Å². The molecule has 2 amide bonds. The van der Waals surface area contributed by atoms with Crippen LogP contribution in [0.1, 0.15) is 28.9 Å². The molecule has 0 aliphatic heterocycles. The molecule has 5 nitrogen and oxygen atoms in total. The molecule has 3 N–H and O–H groups in total. The number of hydrogen-bond donors (Lipinski definition) is 3. The molecule has 1 aromatic rings. The summed E-state index contributed by atoms with van der Waals surface area (Å²) < 4.78 is 36.1. The van der Waals surface area contributed by atoms with Crippen molar-refractivity contribution in [3.8, 4) is 0 Å². The molecule has 0 fully saturated rings. The van der Waals surface area contributed by atoms with E-state index in [2.05, 4.69) is 15.6 Å². The summed E-state index contributed by atoms with van der Waals surface area (Å²) in [6, 6.07) is -0.557. The third-order valence-electron chi connectivity index (χ3n) is 2.98. The number of urea groups is 1. The second kappa shape index (κ2) is 8.33. The molecule has 0 spiro atoms. The van der Waals surface area contributed by atoms with Gasteiger partial charge in [0.25, 0.3) is 0 Å². The molecule has 0 aliphatic carbocycles. The van der Waals surface area contributed by atoms with Crippen molar-refractivity contribution in [1.29, 1.82) is 0 Å². The maximum absolute atomic E-state index is 12.0. The van der Waals surface area contributed by atoms with Gasteiger partial charge in [-0.3, -0.25) is 0 Å². The Morgan fingerprint density at radius 3 is 2.55 bits per heavy atom. The van der Waals surface area contributed by atoms with Crippen LogP contribution in [-0.4, -0.2) is 41.5 Å². The van der Waals surface area contributed by atoms with Gasteiger partial charge in [0.15, 0.2) is 6.10 Å². The first kappa shape index (κ1) is 18.7. The number of thiazole rings is 1. The molecule has 0 unspecified atom stereocenters. The van der Waals surface area contributed by atoms with Crippen LogP contribution in [0.3, 0.4) is 0 Å². The lowest BCUT2D eigenvalue weighted by Gasteiger charge is -2.14. The lowest BCUT2D eigenvalue weighted by Crippen LogP contribution is -2.39. The van der Waals surface area contributed by atoms with Gasteiger partial charge in [0.2, 0.25) is 0 Å². The minimum absolute atomic E-state index is 0.247. The molecule has 0 aromatic carbocycles. The van der Waals surface area contributed by atoms with Gasteiger partial charge >= 0.3 is 12.2 Å². The number of aromatic nitrogens is 1. The second-order valence-corrected chi connectivity index (χ2v) is 6.03. The number of aliphatic hydroxyl groups is 1. The van der Waals surface area contributed by atoms with Gasteiger partial charge in [0, 0.05) is 24.4 Å². The Bertz CT molecular complexity index is 491. The van der Waals surface area contributed by atoms with Crippen LogP contribution in [0.25, 0.3) is 0 Å². The molecule has 0 saturated heterocycles. The van der Waals surface area contributed by atoms with E-state index in [1.165, 1.54) is 0 Å². The number of aryl methyl sites for hydroxylation is 2. The molecule has 0 radical (unpaired) electrons. The predicted octanol–water partition coefficient (Wildman–Crippen LogP) is 2.17. The van der Waals surface area contributed by atoms with Crippen molar-refractivity contribution < 1.29 is 23.1 Å². The van der Waals surface area contributed by atoms with Crippen LogP contribution in [0.2, 0.25) is 0 Å². The van der Waals surface area contributed by atoms with E-state index in [9.17, 15) is 18.0 Å². The zero-order valence-corrected chi connectivity index (χ0v) is 13.3. The number of alkyl halides is 3. The molecule has 0 saturated carbocycles. The summed E-state index contributed by atoms with van der Waals surface area (Å²) in [5, 5.41) is 14.5. The molecule has 9 heteroatoms. The number of halogens is 3. The molecular weight excluding hydrogens is 319 g/mol. The van der Waals surface area contributed by atoms with Gasteiger partial charge < -0.3 is 15.7 Å². The number of amides is 2. The first-order valence-electron chi connectivity index (χ1n) is 6.95. The van der Waals surface area contributed by atoms with Gasteiger partial charge in [0.1, 0.15) is 0 Å². The number of nitrogens with zero attached hydrogens (tertiary/aromatic N) is 1. The van der Waals surface area contributed by atoms with Gasteiger partial charge in [-0.15, -0.1) is 11.3 Å². The largest absolute Gasteiger partial charge is 0.414 e. The fourth-order valence-electron chi connectivity index (χ4n) is 1.75. The van der Waals surface area contributed by atoms with Gasteiger partial charge in [-0.1, -0.05) is 6.92 Å². The molecular formula is C13H20F3N3O2S. The van der Waals surface area contributed by atoms with Gasteiger partial charge in [-0.05, 0) is 19.8 Å². The van der Waals surface area contributed by atoms with E-state index in [4.69, 9.17) is 5.11 Å². The molecule has 22 heavy (non-hydrogen) atoms. The standard InChI is InChI=1S/C13H20F3N3O2S/c1-3-9-8(2)22-11(19-9)5-7-18-12(21)17-6-4-10(20)13(14,15)16/h10,20H,3-7H2,1-2H3,(H2,17,18,21)/t10-/m0/s1. The van der Waals surface area contributed by atoms with E-state index < -0.39 is 24.7 Å². The number of aliphatic hydroxyl groups excluding tert-OH is 1. The third-order valence-corrected chi connectivity index (χ3v) is 4.05. The Labute approximate surface area is 130 Å². The summed E-state index contributed by atoms with van der Waals surface area (Å²) >= 11 is 1.57. The first-order valence-corrected chi connectivity index (χ1v) is 7.77. The minimum Gasteiger partial charge on any atom is -0.384 e. The monoisotopic (exact) mass is 339 g/mol. The maximum Gasteiger partial charge on any atom is 0.414 e. The van der Waals surface area contributed by atoms with Crippen LogP contribution in [0.4, 0.5) is 18.0 Å². The number of carbonyl (C=O) groups is 1. The lowest BCUT2D eigenvalue weighted by atomic mass is 10.2. The van der Waals surface area contributed by atoms with E-state index in [1.54, 1.807) is 11.3 Å². The Kier molecular flexibility index (Phi) is 7.08. The van der Waals surface area contributed by atoms with Crippen molar-refractivity contribution in [3.05, 3.63) is 15.6 Å². The van der Waals surface area contributed by atoms with Gasteiger partial charge in [0.05, 0.1) is 10.7 Å². The molecule has 1 aromatic heterocycles. The summed E-state index contributed by atoms with van der Waals surface area (Å²) in [5.41, 5.74) is 1.05. The third kappa shape index (κ3) is 6.18. The average molecular weight is 339 g/mol. The summed E-state index contributed by atoms with van der Waals surface area (Å²) in [6.07, 6.45) is -6.21. The van der Waals surface area contributed by atoms with Crippen molar-refractivity contribution >= 4 is 17.4 Å². The van der Waals surface area contributed by atoms with Crippen molar-refractivity contribution in [1.82, 2.24) is 15.6 Å². The fraction of sp³-hybridized carbons (Fsp3) is 0.692. The van der Waals surface area contributed by atoms with Crippen molar-refractivity contribution in [3.63, 3.8) is 0 Å². The summed E-state index contributed by atoms with van der Waals surface area (Å²) in [6.45, 7) is 4.12. The van der Waals surface area contributed by atoms with Crippen LogP contribution >= 0.6 is 11.3 Å². The maximum atomic E-state index is 12.0. The predicted molar refractivity (Wildman–Crippen MR) is 78.0 cm³/mol. The normalized spacial score (nSPS) is 13.0. The highest BCUT2D eigenvalue weighted by molar-refractivity contribution is 7.11. The lowest BCUT2D eigenvalue weighted by molar-refractivity contribution is -0.204. The summed E-state index contributed by atoms with van der Waals surface area (Å²) in [5.74, 6) is 0. The topological polar surface area (TPSA) is 74.2 Å². The summed E-state index contributed by atoms with van der Waals surface area (Å²) in [7, 11) is 0. The Morgan fingerprint density at radius 1 is 1.36 bits per heavy atom. The quantitative estimate of drug-likeness (QED) is 0.713. The Hall–Kier alpha value is -1.35. The van der Waals surface area contributed by atoms with Crippen molar-refractivity contribution in [2.75, 3.05) is 13.1 Å². The van der Waals surface area contributed by atoms with E-state index in [1.807, 2.05) is 13.8 Å². The van der Waals surface area contributed by atoms with E-state index in [0.29, 0.717) is 13.0 Å². The Morgan fingerprint density at radius 2 is 2.00 bits per heavy atom. The van der Waals surface area contributed by atoms with Crippen LogP contribution in [0.15, 0.2) is 0 Å². The first-order chi connectivity index (χ1) is 10.2. The highest BCUT2D eigenvalue weighted by Gasteiger charge is 2.37. The molecule has 0 bridgehead atoms. The molecule has 1 rings (SSSR count). The number of rotatable bonds is 7. The minimum atomic E-state index is -4.65. The second-order valence-electron chi connectivity index (χ2n) is 4.74. The Balaban J connectivity index is 2.20. The average Bonchev–Trinajstić information content (AvgIpc) is 2.77. The number of nitrogens with one attached hydrogen (secondary N) is 2. The van der Waals surface area contributed by atoms with Crippen LogP contribution in [0.5, 0.6) is 0 Å². The SMILES string of the molecule is CCc1nc(CCNC(=O)NCC[C@H](O)C(F)(F)F)sc1C. The van der Waals surface area contributed by atoms with Crippen LogP contribution in [-0.2, 0) is 12.8 Å². The van der Waals surface area contributed by atoms with Gasteiger partial charge in [-0.2, -0.15) is 13.2 Å². The van der Waals surface area contributed by atoms with Crippen LogP contribution in [0, 0.1) is 6.92 Å². The molecule has 1 heterocycles. The number of carbonyl (C=O) groups excluding carboxylic acids is 1.